The molecular weight excluding hydrogens is 364 g/mol. The monoisotopic (exact) mass is 404 g/mol. The quantitative estimate of drug-likeness (QED) is 0.201. The number of hydrogen-bond acceptors (Lipinski definition) is 4. The number of unbranched alkanes of at least 4 members (excludes halogenated alkanes) is 2. The Balaban J connectivity index is 2.69. The highest BCUT2D eigenvalue weighted by atomic mass is 16.6. The van der Waals surface area contributed by atoms with E-state index in [0.717, 1.165) is 44.1 Å². The van der Waals surface area contributed by atoms with Gasteiger partial charge in [-0.1, -0.05) is 73.3 Å². The molecule has 0 heterocycles. The summed E-state index contributed by atoms with van der Waals surface area (Å²) >= 11 is 0. The largest absolute Gasteiger partial charge is 0.423 e. The van der Waals surface area contributed by atoms with Crippen molar-refractivity contribution >= 4 is 11.9 Å². The van der Waals surface area contributed by atoms with Gasteiger partial charge in [0.05, 0.1) is 0 Å². The van der Waals surface area contributed by atoms with Crippen molar-refractivity contribution in [3.8, 4) is 11.5 Å². The van der Waals surface area contributed by atoms with Gasteiger partial charge in [-0.05, 0) is 48.3 Å². The van der Waals surface area contributed by atoms with E-state index in [1.807, 2.05) is 12.1 Å². The Morgan fingerprint density at radius 3 is 1.66 bits per heavy atom. The summed E-state index contributed by atoms with van der Waals surface area (Å²) in [5.41, 5.74) is 1.05. The van der Waals surface area contributed by atoms with Gasteiger partial charge in [0.25, 0.3) is 0 Å². The van der Waals surface area contributed by atoms with E-state index in [-0.39, 0.29) is 11.9 Å². The van der Waals surface area contributed by atoms with Gasteiger partial charge < -0.3 is 9.47 Å². The molecule has 0 saturated heterocycles. The van der Waals surface area contributed by atoms with Crippen molar-refractivity contribution in [3.63, 3.8) is 0 Å². The molecule has 0 aromatic heterocycles. The van der Waals surface area contributed by atoms with E-state index in [1.165, 1.54) is 0 Å². The zero-order valence-electron chi connectivity index (χ0n) is 19.3. The van der Waals surface area contributed by atoms with Crippen LogP contribution >= 0.6 is 0 Å². The molecule has 4 nitrogen and oxygen atoms in total. The summed E-state index contributed by atoms with van der Waals surface area (Å²) in [6.45, 7) is 12.9. The van der Waals surface area contributed by atoms with Crippen molar-refractivity contribution in [1.29, 1.82) is 0 Å². The normalized spacial score (nSPS) is 11.3. The van der Waals surface area contributed by atoms with Gasteiger partial charge >= 0.3 is 11.9 Å². The highest BCUT2D eigenvalue weighted by molar-refractivity contribution is 5.76. The molecule has 0 radical (unpaired) electrons. The van der Waals surface area contributed by atoms with Crippen molar-refractivity contribution in [2.24, 2.45) is 11.8 Å². The Morgan fingerprint density at radius 2 is 1.21 bits per heavy atom. The van der Waals surface area contributed by atoms with Crippen LogP contribution in [0.5, 0.6) is 11.5 Å². The van der Waals surface area contributed by atoms with E-state index < -0.39 is 0 Å². The third-order valence-electron chi connectivity index (χ3n) is 4.91. The molecule has 0 bridgehead atoms. The van der Waals surface area contributed by atoms with Crippen LogP contribution in [0.3, 0.4) is 0 Å². The third kappa shape index (κ3) is 11.1. The number of ether oxygens (including phenoxy) is 2. The molecule has 0 aliphatic heterocycles. The lowest BCUT2D eigenvalue weighted by molar-refractivity contribution is -0.137. The molecular formula is C25H40O4. The highest BCUT2D eigenvalue weighted by Crippen LogP contribution is 2.32. The number of carbonyl (C=O) groups excluding carboxylic acids is 2. The van der Waals surface area contributed by atoms with E-state index in [2.05, 4.69) is 41.5 Å². The lowest BCUT2D eigenvalue weighted by Gasteiger charge is -2.14. The summed E-state index contributed by atoms with van der Waals surface area (Å²) in [6, 6.07) is 5.48. The van der Waals surface area contributed by atoms with Crippen LogP contribution in [0.1, 0.15) is 104 Å². The van der Waals surface area contributed by atoms with Gasteiger partial charge in [0, 0.05) is 12.8 Å². The first-order valence-electron chi connectivity index (χ1n) is 11.2. The molecule has 1 rings (SSSR count). The van der Waals surface area contributed by atoms with E-state index in [0.29, 0.717) is 42.1 Å². The highest BCUT2D eigenvalue weighted by Gasteiger charge is 2.16. The van der Waals surface area contributed by atoms with Crippen LogP contribution in [0, 0.1) is 11.8 Å². The third-order valence-corrected chi connectivity index (χ3v) is 4.91. The fourth-order valence-electron chi connectivity index (χ4n) is 3.04. The standard InChI is InChI=1S/C25H40O4/c1-18(2)11-7-9-13-24(26)28-22-16-15-21(20(5)6)17-23(22)29-25(27)14-10-8-12-19(3)4/h15-20H,7-14H2,1-6H3. The Bertz CT molecular complexity index is 632. The SMILES string of the molecule is CC(C)CCCCC(=O)Oc1ccc(C(C)C)cc1OC(=O)CCCCC(C)C. The second-order valence-electron chi connectivity index (χ2n) is 9.09. The molecule has 164 valence electrons. The Kier molecular flexibility index (Phi) is 11.6. The number of benzene rings is 1. The first-order valence-corrected chi connectivity index (χ1v) is 11.2. The second-order valence-corrected chi connectivity index (χ2v) is 9.09. The molecule has 0 fully saturated rings. The Morgan fingerprint density at radius 1 is 0.724 bits per heavy atom. The second kappa shape index (κ2) is 13.4. The minimum absolute atomic E-state index is 0.274. The van der Waals surface area contributed by atoms with Gasteiger partial charge in [0.15, 0.2) is 11.5 Å². The predicted molar refractivity (Wildman–Crippen MR) is 118 cm³/mol. The van der Waals surface area contributed by atoms with Gasteiger partial charge in [-0.15, -0.1) is 0 Å². The molecule has 4 heteroatoms. The molecule has 0 N–H and O–H groups in total. The first-order chi connectivity index (χ1) is 13.7. The van der Waals surface area contributed by atoms with E-state index >= 15 is 0 Å². The van der Waals surface area contributed by atoms with Crippen molar-refractivity contribution in [1.82, 2.24) is 0 Å². The maximum Gasteiger partial charge on any atom is 0.311 e. The molecule has 0 aliphatic rings. The van der Waals surface area contributed by atoms with Crippen LogP contribution in [0.4, 0.5) is 0 Å². The molecule has 0 unspecified atom stereocenters. The van der Waals surface area contributed by atoms with Gasteiger partial charge in [-0.25, -0.2) is 0 Å². The Labute approximate surface area is 177 Å². The number of hydrogen-bond donors (Lipinski definition) is 0. The minimum Gasteiger partial charge on any atom is -0.423 e. The van der Waals surface area contributed by atoms with Gasteiger partial charge in [0.1, 0.15) is 0 Å². The van der Waals surface area contributed by atoms with Gasteiger partial charge in [-0.2, -0.15) is 0 Å². The molecule has 0 spiro atoms. The lowest BCUT2D eigenvalue weighted by atomic mass is 10.0. The number of esters is 2. The van der Waals surface area contributed by atoms with Crippen molar-refractivity contribution in [2.75, 3.05) is 0 Å². The summed E-state index contributed by atoms with van der Waals surface area (Å²) in [5, 5.41) is 0. The minimum atomic E-state index is -0.278. The Hall–Kier alpha value is -1.84. The molecule has 0 aliphatic carbocycles. The molecule has 0 amide bonds. The van der Waals surface area contributed by atoms with Gasteiger partial charge in [-0.3, -0.25) is 9.59 Å². The lowest BCUT2D eigenvalue weighted by Crippen LogP contribution is -2.12. The van der Waals surface area contributed by atoms with Gasteiger partial charge in [0.2, 0.25) is 0 Å². The van der Waals surface area contributed by atoms with Crippen LogP contribution in [0.25, 0.3) is 0 Å². The topological polar surface area (TPSA) is 52.6 Å². The molecule has 29 heavy (non-hydrogen) atoms. The smallest absolute Gasteiger partial charge is 0.311 e. The summed E-state index contributed by atoms with van der Waals surface area (Å²) in [5.74, 6) is 1.70. The van der Waals surface area contributed by atoms with Crippen LogP contribution in [0.15, 0.2) is 18.2 Å². The van der Waals surface area contributed by atoms with Crippen molar-refractivity contribution in [2.45, 2.75) is 98.8 Å². The summed E-state index contributed by atoms with van der Waals surface area (Å²) in [6.07, 6.45) is 6.61. The maximum absolute atomic E-state index is 12.3. The van der Waals surface area contributed by atoms with E-state index in [4.69, 9.17) is 9.47 Å². The zero-order chi connectivity index (χ0) is 21.8. The molecule has 0 atom stereocenters. The number of rotatable bonds is 13. The van der Waals surface area contributed by atoms with Crippen LogP contribution < -0.4 is 9.47 Å². The molecule has 0 saturated carbocycles. The molecule has 1 aromatic carbocycles. The van der Waals surface area contributed by atoms with Crippen molar-refractivity contribution in [3.05, 3.63) is 23.8 Å². The average Bonchev–Trinajstić information content (AvgIpc) is 2.63. The summed E-state index contributed by atoms with van der Waals surface area (Å²) < 4.78 is 11.1. The number of carbonyl (C=O) groups is 2. The predicted octanol–water partition coefficient (Wildman–Crippen LogP) is 7.05. The fraction of sp³-hybridized carbons (Fsp3) is 0.680. The maximum atomic E-state index is 12.3. The van der Waals surface area contributed by atoms with E-state index in [1.54, 1.807) is 6.07 Å². The van der Waals surface area contributed by atoms with Crippen LogP contribution in [0.2, 0.25) is 0 Å². The zero-order valence-corrected chi connectivity index (χ0v) is 19.3. The van der Waals surface area contributed by atoms with Crippen LogP contribution in [-0.4, -0.2) is 11.9 Å². The fourth-order valence-corrected chi connectivity index (χ4v) is 3.04. The average molecular weight is 405 g/mol. The summed E-state index contributed by atoms with van der Waals surface area (Å²) in [4.78, 5) is 24.5. The van der Waals surface area contributed by atoms with Crippen LogP contribution in [-0.2, 0) is 9.59 Å². The summed E-state index contributed by atoms with van der Waals surface area (Å²) in [7, 11) is 0. The van der Waals surface area contributed by atoms with Crippen molar-refractivity contribution < 1.29 is 19.1 Å². The first kappa shape index (κ1) is 25.2. The van der Waals surface area contributed by atoms with E-state index in [9.17, 15) is 9.59 Å². The molecule has 1 aromatic rings.